The molecule has 1 unspecified atom stereocenters. The molecular weight excluding hydrogens is 238 g/mol. The van der Waals surface area contributed by atoms with Crippen LogP contribution in [0.3, 0.4) is 0 Å². The highest BCUT2D eigenvalue weighted by atomic mass is 32.2. The molecule has 1 N–H and O–H groups in total. The van der Waals surface area contributed by atoms with Crippen molar-refractivity contribution in [2.24, 2.45) is 0 Å². The largest absolute Gasteiger partial charge is 0.387 e. The molecule has 5 heteroatoms. The summed E-state index contributed by atoms with van der Waals surface area (Å²) in [5.74, 6) is 0.109. The first kappa shape index (κ1) is 14.1. The third kappa shape index (κ3) is 4.83. The van der Waals surface area contributed by atoms with Gasteiger partial charge < -0.3 is 5.11 Å². The fourth-order valence-corrected chi connectivity index (χ4v) is 2.42. The summed E-state index contributed by atoms with van der Waals surface area (Å²) in [4.78, 5) is 4.17. The van der Waals surface area contributed by atoms with Gasteiger partial charge in [0.05, 0.1) is 11.8 Å². The van der Waals surface area contributed by atoms with E-state index in [1.807, 2.05) is 19.1 Å². The van der Waals surface area contributed by atoms with Crippen molar-refractivity contribution in [3.8, 4) is 0 Å². The van der Waals surface area contributed by atoms with Crippen LogP contribution in [0.25, 0.3) is 0 Å². The van der Waals surface area contributed by atoms with Crippen LogP contribution in [0.5, 0.6) is 0 Å². The van der Waals surface area contributed by atoms with Gasteiger partial charge in [0.2, 0.25) is 0 Å². The lowest BCUT2D eigenvalue weighted by atomic mass is 10.0. The Morgan fingerprint density at radius 2 is 2.18 bits per heavy atom. The van der Waals surface area contributed by atoms with Crippen molar-refractivity contribution in [2.45, 2.75) is 32.3 Å². The second kappa shape index (κ2) is 6.12. The summed E-state index contributed by atoms with van der Waals surface area (Å²) >= 11 is 0. The Hall–Kier alpha value is -0.940. The number of aryl methyl sites for hydroxylation is 1. The van der Waals surface area contributed by atoms with E-state index in [2.05, 4.69) is 4.98 Å². The molecule has 0 aliphatic heterocycles. The number of rotatable bonds is 6. The first-order chi connectivity index (χ1) is 7.94. The highest BCUT2D eigenvalue weighted by Gasteiger charge is 2.13. The molecule has 1 heterocycles. The minimum Gasteiger partial charge on any atom is -0.387 e. The Morgan fingerprint density at radius 1 is 1.47 bits per heavy atom. The molecule has 1 rings (SSSR count). The quantitative estimate of drug-likeness (QED) is 0.838. The van der Waals surface area contributed by atoms with Crippen molar-refractivity contribution >= 4 is 9.84 Å². The predicted molar refractivity (Wildman–Crippen MR) is 67.5 cm³/mol. The molecule has 1 aromatic rings. The molecule has 96 valence electrons. The highest BCUT2D eigenvalue weighted by Crippen LogP contribution is 2.20. The van der Waals surface area contributed by atoms with E-state index in [1.165, 1.54) is 6.26 Å². The Labute approximate surface area is 103 Å². The van der Waals surface area contributed by atoms with E-state index >= 15 is 0 Å². The van der Waals surface area contributed by atoms with Crippen molar-refractivity contribution in [2.75, 3.05) is 12.0 Å². The van der Waals surface area contributed by atoms with Gasteiger partial charge in [-0.2, -0.15) is 0 Å². The van der Waals surface area contributed by atoms with E-state index in [-0.39, 0.29) is 5.75 Å². The molecule has 0 spiro atoms. The second-order valence-corrected chi connectivity index (χ2v) is 6.45. The Balaban J connectivity index is 2.61. The minimum atomic E-state index is -2.95. The molecule has 0 aliphatic carbocycles. The standard InChI is InChI=1S/C12H19NO3S/c1-3-10-6-4-8-13-12(10)11(14)7-5-9-17(2,15)16/h4,6,8,11,14H,3,5,7,9H2,1-2H3. The molecule has 0 amide bonds. The zero-order valence-corrected chi connectivity index (χ0v) is 11.1. The van der Waals surface area contributed by atoms with Crippen LogP contribution in [-0.4, -0.2) is 30.5 Å². The number of sulfone groups is 1. The summed E-state index contributed by atoms with van der Waals surface area (Å²) in [6.07, 6.45) is 3.88. The molecule has 0 fully saturated rings. The molecule has 0 saturated heterocycles. The van der Waals surface area contributed by atoms with E-state index in [0.29, 0.717) is 18.5 Å². The third-order valence-corrected chi connectivity index (χ3v) is 3.65. The molecule has 0 saturated carbocycles. The summed E-state index contributed by atoms with van der Waals surface area (Å²) in [6, 6.07) is 3.77. The molecule has 0 bridgehead atoms. The van der Waals surface area contributed by atoms with Crippen molar-refractivity contribution < 1.29 is 13.5 Å². The van der Waals surface area contributed by atoms with Crippen LogP contribution in [0.4, 0.5) is 0 Å². The fraction of sp³-hybridized carbons (Fsp3) is 0.583. The van der Waals surface area contributed by atoms with Gasteiger partial charge in [0.15, 0.2) is 0 Å². The summed E-state index contributed by atoms with van der Waals surface area (Å²) in [5, 5.41) is 9.97. The summed E-state index contributed by atoms with van der Waals surface area (Å²) in [7, 11) is -2.95. The van der Waals surface area contributed by atoms with Crippen LogP contribution in [0, 0.1) is 0 Å². The lowest BCUT2D eigenvalue weighted by Crippen LogP contribution is -2.08. The fourth-order valence-electron chi connectivity index (χ4n) is 1.73. The molecule has 0 aromatic carbocycles. The first-order valence-electron chi connectivity index (χ1n) is 5.73. The molecule has 17 heavy (non-hydrogen) atoms. The SMILES string of the molecule is CCc1cccnc1C(O)CCCS(C)(=O)=O. The Morgan fingerprint density at radius 3 is 2.76 bits per heavy atom. The van der Waals surface area contributed by atoms with Crippen LogP contribution < -0.4 is 0 Å². The van der Waals surface area contributed by atoms with Gasteiger partial charge in [-0.1, -0.05) is 13.0 Å². The number of hydrogen-bond donors (Lipinski definition) is 1. The number of aliphatic hydroxyl groups excluding tert-OH is 1. The predicted octanol–water partition coefficient (Wildman–Crippen LogP) is 1.50. The third-order valence-electron chi connectivity index (χ3n) is 2.62. The van der Waals surface area contributed by atoms with Gasteiger partial charge in [-0.05, 0) is 30.9 Å². The van der Waals surface area contributed by atoms with E-state index in [0.717, 1.165) is 12.0 Å². The monoisotopic (exact) mass is 257 g/mol. The number of aromatic nitrogens is 1. The zero-order valence-electron chi connectivity index (χ0n) is 10.3. The average Bonchev–Trinajstić information content (AvgIpc) is 2.27. The van der Waals surface area contributed by atoms with Crippen molar-refractivity contribution in [3.05, 3.63) is 29.6 Å². The number of aliphatic hydroxyl groups is 1. The van der Waals surface area contributed by atoms with Gasteiger partial charge in [0.25, 0.3) is 0 Å². The van der Waals surface area contributed by atoms with Gasteiger partial charge in [-0.15, -0.1) is 0 Å². The maximum atomic E-state index is 11.0. The molecule has 0 aliphatic rings. The van der Waals surface area contributed by atoms with Crippen LogP contribution >= 0.6 is 0 Å². The number of nitrogens with zero attached hydrogens (tertiary/aromatic N) is 1. The van der Waals surface area contributed by atoms with E-state index in [9.17, 15) is 13.5 Å². The van der Waals surface area contributed by atoms with Gasteiger partial charge >= 0.3 is 0 Å². The van der Waals surface area contributed by atoms with E-state index in [4.69, 9.17) is 0 Å². The average molecular weight is 257 g/mol. The first-order valence-corrected chi connectivity index (χ1v) is 7.79. The Kier molecular flexibility index (Phi) is 5.08. The van der Waals surface area contributed by atoms with Crippen molar-refractivity contribution in [1.82, 2.24) is 4.98 Å². The van der Waals surface area contributed by atoms with Gasteiger partial charge in [-0.25, -0.2) is 8.42 Å². The van der Waals surface area contributed by atoms with Crippen molar-refractivity contribution in [3.63, 3.8) is 0 Å². The molecule has 1 aromatic heterocycles. The normalized spacial score (nSPS) is 13.6. The Bertz CT molecular complexity index is 457. The topological polar surface area (TPSA) is 67.3 Å². The maximum absolute atomic E-state index is 11.0. The second-order valence-electron chi connectivity index (χ2n) is 4.19. The van der Waals surface area contributed by atoms with Crippen LogP contribution in [0.1, 0.15) is 37.1 Å². The van der Waals surface area contributed by atoms with Crippen LogP contribution in [0.2, 0.25) is 0 Å². The van der Waals surface area contributed by atoms with Crippen molar-refractivity contribution in [1.29, 1.82) is 0 Å². The number of hydrogen-bond acceptors (Lipinski definition) is 4. The summed E-state index contributed by atoms with van der Waals surface area (Å²) in [5.41, 5.74) is 1.68. The van der Waals surface area contributed by atoms with Crippen LogP contribution in [-0.2, 0) is 16.3 Å². The molecule has 0 radical (unpaired) electrons. The minimum absolute atomic E-state index is 0.109. The van der Waals surface area contributed by atoms with Gasteiger partial charge in [0, 0.05) is 18.2 Å². The zero-order chi connectivity index (χ0) is 12.9. The van der Waals surface area contributed by atoms with Gasteiger partial charge in [-0.3, -0.25) is 4.98 Å². The highest BCUT2D eigenvalue weighted by molar-refractivity contribution is 7.90. The maximum Gasteiger partial charge on any atom is 0.147 e. The smallest absolute Gasteiger partial charge is 0.147 e. The van der Waals surface area contributed by atoms with E-state index < -0.39 is 15.9 Å². The molecule has 1 atom stereocenters. The summed E-state index contributed by atoms with van der Waals surface area (Å²) < 4.78 is 22.0. The number of pyridine rings is 1. The molecule has 4 nitrogen and oxygen atoms in total. The molecular formula is C12H19NO3S. The lowest BCUT2D eigenvalue weighted by molar-refractivity contribution is 0.161. The lowest BCUT2D eigenvalue weighted by Gasteiger charge is -2.13. The summed E-state index contributed by atoms with van der Waals surface area (Å²) in [6.45, 7) is 2.00. The van der Waals surface area contributed by atoms with E-state index in [1.54, 1.807) is 6.20 Å². The van der Waals surface area contributed by atoms with Crippen LogP contribution in [0.15, 0.2) is 18.3 Å². The van der Waals surface area contributed by atoms with Gasteiger partial charge in [0.1, 0.15) is 9.84 Å².